The zero-order valence-corrected chi connectivity index (χ0v) is 18.5. The molecule has 10 rings (SSSR count). The second kappa shape index (κ2) is 5.34. The first-order chi connectivity index (χ1) is 15.3. The van der Waals surface area contributed by atoms with E-state index in [-0.39, 0.29) is 40.2 Å². The molecule has 9 fully saturated rings. The van der Waals surface area contributed by atoms with Crippen LogP contribution < -0.4 is 0 Å². The highest BCUT2D eigenvalue weighted by Gasteiger charge is 2.90. The molecule has 13 atom stereocenters. The van der Waals surface area contributed by atoms with Crippen molar-refractivity contribution in [3.05, 3.63) is 48.0 Å². The summed E-state index contributed by atoms with van der Waals surface area (Å²) >= 11 is 0. The van der Waals surface area contributed by atoms with E-state index in [0.717, 1.165) is 37.8 Å². The third kappa shape index (κ3) is 1.67. The van der Waals surface area contributed by atoms with Crippen LogP contribution in [0.4, 0.5) is 0 Å². The molecule has 1 aromatic carbocycles. The summed E-state index contributed by atoms with van der Waals surface area (Å²) in [7, 11) is 0. The predicted octanol–water partition coefficient (Wildman–Crippen LogP) is 2.63. The number of hydrogen-bond acceptors (Lipinski definition) is 5. The van der Waals surface area contributed by atoms with Crippen LogP contribution >= 0.6 is 0 Å². The number of aliphatic hydroxyl groups is 2. The molecule has 1 aromatic rings. The predicted molar refractivity (Wildman–Crippen MR) is 116 cm³/mol. The molecule has 9 bridgehead atoms. The fourth-order valence-electron chi connectivity index (χ4n) is 11.4. The molecule has 2 spiro atoms. The van der Waals surface area contributed by atoms with Gasteiger partial charge in [-0.25, -0.2) is 4.79 Å². The maximum atomic E-state index is 13.0. The third-order valence-corrected chi connectivity index (χ3v) is 11.5. The molecule has 6 saturated carbocycles. The van der Waals surface area contributed by atoms with Gasteiger partial charge in [0.1, 0.15) is 6.10 Å². The molecular weight excluding hydrogens is 402 g/mol. The Hall–Kier alpha value is -1.69. The quantitative estimate of drug-likeness (QED) is 0.554. The molecule has 32 heavy (non-hydrogen) atoms. The molecule has 6 aliphatic carbocycles. The van der Waals surface area contributed by atoms with Gasteiger partial charge < -0.3 is 14.9 Å². The minimum atomic E-state index is -0.497. The van der Waals surface area contributed by atoms with E-state index in [1.807, 2.05) is 30.3 Å². The Labute approximate surface area is 188 Å². The van der Waals surface area contributed by atoms with E-state index in [9.17, 15) is 15.0 Å². The van der Waals surface area contributed by atoms with E-state index in [2.05, 4.69) is 18.4 Å². The Morgan fingerprint density at radius 2 is 1.91 bits per heavy atom. The van der Waals surface area contributed by atoms with Crippen molar-refractivity contribution in [1.82, 2.24) is 4.90 Å². The molecular formula is C27H31NO4. The smallest absolute Gasteiger partial charge is 0.338 e. The molecule has 168 valence electrons. The number of carbonyl (C=O) groups excluding carboxylic acids is 1. The van der Waals surface area contributed by atoms with Crippen molar-refractivity contribution in [2.45, 2.75) is 63.0 Å². The molecule has 9 aliphatic rings. The summed E-state index contributed by atoms with van der Waals surface area (Å²) in [5.74, 6) is 0.822. The van der Waals surface area contributed by atoms with Crippen LogP contribution in [-0.2, 0) is 4.74 Å². The molecule has 3 heterocycles. The van der Waals surface area contributed by atoms with Crippen molar-refractivity contribution in [3.63, 3.8) is 0 Å². The highest BCUT2D eigenvalue weighted by molar-refractivity contribution is 5.89. The Kier molecular flexibility index (Phi) is 3.12. The first kappa shape index (κ1) is 18.7. The number of rotatable bonds is 2. The molecule has 1 unspecified atom stereocenters. The van der Waals surface area contributed by atoms with E-state index >= 15 is 0 Å². The summed E-state index contributed by atoms with van der Waals surface area (Å²) in [5, 5.41) is 23.2. The molecule has 5 heteroatoms. The van der Waals surface area contributed by atoms with Crippen LogP contribution in [0.2, 0.25) is 0 Å². The summed E-state index contributed by atoms with van der Waals surface area (Å²) in [6.07, 6.45) is 2.63. The number of nitrogens with zero attached hydrogens (tertiary/aromatic N) is 1. The highest BCUT2D eigenvalue weighted by atomic mass is 16.5. The van der Waals surface area contributed by atoms with Gasteiger partial charge in [0.2, 0.25) is 0 Å². The van der Waals surface area contributed by atoms with E-state index < -0.39 is 12.2 Å². The van der Waals surface area contributed by atoms with Crippen molar-refractivity contribution in [3.8, 4) is 0 Å². The monoisotopic (exact) mass is 433 g/mol. The van der Waals surface area contributed by atoms with Gasteiger partial charge in [-0.15, -0.1) is 0 Å². The first-order valence-corrected chi connectivity index (χ1v) is 12.4. The summed E-state index contributed by atoms with van der Waals surface area (Å²) in [6, 6.07) is 10.2. The molecule has 0 amide bonds. The third-order valence-electron chi connectivity index (χ3n) is 11.5. The van der Waals surface area contributed by atoms with E-state index in [1.54, 1.807) is 0 Å². The summed E-state index contributed by atoms with van der Waals surface area (Å²) in [5.41, 5.74) is 1.28. The van der Waals surface area contributed by atoms with Crippen molar-refractivity contribution >= 4 is 5.97 Å². The van der Waals surface area contributed by atoms with Gasteiger partial charge in [0.05, 0.1) is 17.8 Å². The molecule has 2 N–H and O–H groups in total. The molecule has 3 aliphatic heterocycles. The lowest BCUT2D eigenvalue weighted by molar-refractivity contribution is -0.220. The Morgan fingerprint density at radius 3 is 2.69 bits per heavy atom. The molecule has 5 nitrogen and oxygen atoms in total. The second-order valence-corrected chi connectivity index (χ2v) is 12.4. The van der Waals surface area contributed by atoms with E-state index in [4.69, 9.17) is 4.74 Å². The van der Waals surface area contributed by atoms with Crippen LogP contribution in [0.15, 0.2) is 42.5 Å². The summed E-state index contributed by atoms with van der Waals surface area (Å²) < 4.78 is 6.19. The SMILES string of the molecule is C=C1[C@H]2C[C@@H]3[C@H]4N5C[C@@]6(C)C[C@H](OC(=O)c7ccccc7)C[C@]47[C@H]([C@H]2O)[C@]3(C[C@H]5[C@H]67)[C@@H]1O. The van der Waals surface area contributed by atoms with E-state index in [1.165, 1.54) is 0 Å². The fraction of sp³-hybridized carbons (Fsp3) is 0.667. The lowest BCUT2D eigenvalue weighted by Gasteiger charge is -2.66. The van der Waals surface area contributed by atoms with E-state index in [0.29, 0.717) is 29.5 Å². The zero-order valence-electron chi connectivity index (χ0n) is 18.5. The van der Waals surface area contributed by atoms with Crippen molar-refractivity contribution in [2.75, 3.05) is 6.54 Å². The number of hydrogen-bond donors (Lipinski definition) is 2. The Morgan fingerprint density at radius 1 is 1.12 bits per heavy atom. The maximum Gasteiger partial charge on any atom is 0.338 e. The van der Waals surface area contributed by atoms with Gasteiger partial charge in [-0.1, -0.05) is 31.7 Å². The van der Waals surface area contributed by atoms with Gasteiger partial charge in [0.15, 0.2) is 0 Å². The normalized spacial score (nSPS) is 59.7. The standard InChI is InChI=1S/C27H31NO4/c1-13-16-8-17-22-27-10-15(32-24(31)14-6-4-3-5-7-14)9-25(2)12-28(22)18(20(25)27)11-26(17,23(13)30)21(27)19(16)29/h3-7,15-23,29-30H,1,8-12H2,2H3/t15-,16+,17+,18-,19-,20+,21+,22+,23+,25+,26+,27-/m0/s1. The lowest BCUT2D eigenvalue weighted by Crippen LogP contribution is -2.69. The number of esters is 1. The number of piperidine rings is 2. The van der Waals surface area contributed by atoms with Gasteiger partial charge in [-0.3, -0.25) is 4.90 Å². The van der Waals surface area contributed by atoms with Crippen LogP contribution in [0.25, 0.3) is 0 Å². The van der Waals surface area contributed by atoms with Crippen LogP contribution in [0, 0.1) is 39.9 Å². The minimum absolute atomic E-state index is 0.0116. The van der Waals surface area contributed by atoms with Crippen LogP contribution in [-0.4, -0.2) is 58.0 Å². The molecule has 3 saturated heterocycles. The minimum Gasteiger partial charge on any atom is -0.459 e. The lowest BCUT2D eigenvalue weighted by atomic mass is 9.39. The average molecular weight is 434 g/mol. The number of aliphatic hydroxyl groups excluding tert-OH is 2. The van der Waals surface area contributed by atoms with Crippen LogP contribution in [0.5, 0.6) is 0 Å². The van der Waals surface area contributed by atoms with Gasteiger partial charge in [0, 0.05) is 41.3 Å². The first-order valence-electron chi connectivity index (χ1n) is 12.4. The fourth-order valence-corrected chi connectivity index (χ4v) is 11.4. The van der Waals surface area contributed by atoms with Gasteiger partial charge in [-0.2, -0.15) is 0 Å². The summed E-state index contributed by atoms with van der Waals surface area (Å²) in [4.78, 5) is 15.7. The van der Waals surface area contributed by atoms with Crippen molar-refractivity contribution < 1.29 is 19.7 Å². The van der Waals surface area contributed by atoms with Gasteiger partial charge in [-0.05, 0) is 60.6 Å². The highest BCUT2D eigenvalue weighted by Crippen LogP contribution is 2.87. The van der Waals surface area contributed by atoms with Gasteiger partial charge in [0.25, 0.3) is 0 Å². The number of fused-ring (bicyclic) bond motifs is 1. The van der Waals surface area contributed by atoms with Crippen LogP contribution in [0.3, 0.4) is 0 Å². The largest absolute Gasteiger partial charge is 0.459 e. The molecule has 0 radical (unpaired) electrons. The maximum absolute atomic E-state index is 13.0. The van der Waals surface area contributed by atoms with Crippen molar-refractivity contribution in [1.29, 1.82) is 0 Å². The number of ether oxygens (including phenoxy) is 1. The topological polar surface area (TPSA) is 70.0 Å². The van der Waals surface area contributed by atoms with Crippen LogP contribution in [0.1, 0.15) is 43.0 Å². The Bertz CT molecular complexity index is 1070. The second-order valence-electron chi connectivity index (χ2n) is 12.4. The molecule has 0 aromatic heterocycles. The zero-order chi connectivity index (χ0) is 21.8. The number of benzene rings is 1. The Balaban J connectivity index is 1.24. The van der Waals surface area contributed by atoms with Crippen molar-refractivity contribution in [2.24, 2.45) is 39.9 Å². The average Bonchev–Trinajstić information content (AvgIpc) is 3.19. The summed E-state index contributed by atoms with van der Waals surface area (Å²) in [6.45, 7) is 7.70. The van der Waals surface area contributed by atoms with Gasteiger partial charge >= 0.3 is 5.97 Å². The number of carbonyl (C=O) groups is 1.